The molecule has 1 amide bonds. The summed E-state index contributed by atoms with van der Waals surface area (Å²) in [6.07, 6.45) is 1.87. The summed E-state index contributed by atoms with van der Waals surface area (Å²) in [6, 6.07) is 25.0. The van der Waals surface area contributed by atoms with Crippen molar-refractivity contribution in [2.75, 3.05) is 0 Å². The Hall–Kier alpha value is -3.25. The van der Waals surface area contributed by atoms with E-state index in [4.69, 9.17) is 27.9 Å². The molecular formula is C28H20Cl2N2O2S. The summed E-state index contributed by atoms with van der Waals surface area (Å²) in [7, 11) is 0. The van der Waals surface area contributed by atoms with Crippen LogP contribution in [-0.4, -0.2) is 11.1 Å². The van der Waals surface area contributed by atoms with Crippen LogP contribution in [-0.2, 0) is 11.4 Å². The predicted octanol–water partition coefficient (Wildman–Crippen LogP) is 7.93. The highest BCUT2D eigenvalue weighted by Gasteiger charge is 2.25. The minimum absolute atomic E-state index is 0.204. The lowest BCUT2D eigenvalue weighted by molar-refractivity contribution is -0.115. The third-order valence-corrected chi connectivity index (χ3v) is 6.95. The molecular weight excluding hydrogens is 499 g/mol. The van der Waals surface area contributed by atoms with Crippen molar-refractivity contribution in [1.29, 1.82) is 0 Å². The number of rotatable bonds is 5. The SMILES string of the molecule is Cc1ccc(Cl)cc1N=C1NC(=O)/C(=C/c2c(OCc3ccc(Cl)cc3)ccc3ccccc23)S1. The van der Waals surface area contributed by atoms with Gasteiger partial charge in [0.05, 0.1) is 10.6 Å². The van der Waals surface area contributed by atoms with Crippen LogP contribution in [0.4, 0.5) is 5.69 Å². The van der Waals surface area contributed by atoms with Gasteiger partial charge in [-0.2, -0.15) is 0 Å². The molecule has 35 heavy (non-hydrogen) atoms. The van der Waals surface area contributed by atoms with Crippen LogP contribution in [0, 0.1) is 6.92 Å². The van der Waals surface area contributed by atoms with E-state index in [2.05, 4.69) is 10.3 Å². The molecule has 1 aliphatic heterocycles. The number of fused-ring (bicyclic) bond motifs is 1. The van der Waals surface area contributed by atoms with Crippen LogP contribution in [0.1, 0.15) is 16.7 Å². The summed E-state index contributed by atoms with van der Waals surface area (Å²) in [5.41, 5.74) is 3.54. The Kier molecular flexibility index (Phi) is 6.82. The fourth-order valence-electron chi connectivity index (χ4n) is 3.72. The molecule has 1 saturated heterocycles. The quantitative estimate of drug-likeness (QED) is 0.273. The maximum atomic E-state index is 12.8. The van der Waals surface area contributed by atoms with Gasteiger partial charge in [-0.3, -0.25) is 4.79 Å². The first kappa shape index (κ1) is 23.5. The zero-order valence-electron chi connectivity index (χ0n) is 18.7. The molecule has 0 spiro atoms. The van der Waals surface area contributed by atoms with Gasteiger partial charge >= 0.3 is 0 Å². The van der Waals surface area contributed by atoms with Crippen molar-refractivity contribution >= 4 is 68.6 Å². The molecule has 174 valence electrons. The van der Waals surface area contributed by atoms with Crippen LogP contribution in [0.3, 0.4) is 0 Å². The monoisotopic (exact) mass is 518 g/mol. The number of benzene rings is 4. The lowest BCUT2D eigenvalue weighted by atomic mass is 10.0. The lowest BCUT2D eigenvalue weighted by Gasteiger charge is -2.13. The van der Waals surface area contributed by atoms with Gasteiger partial charge in [0.2, 0.25) is 0 Å². The Balaban J connectivity index is 1.49. The Bertz CT molecular complexity index is 1500. The molecule has 0 bridgehead atoms. The summed E-state index contributed by atoms with van der Waals surface area (Å²) < 4.78 is 6.19. The van der Waals surface area contributed by atoms with Crippen LogP contribution in [0.2, 0.25) is 10.0 Å². The fourth-order valence-corrected chi connectivity index (χ4v) is 4.82. The molecule has 7 heteroatoms. The second-order valence-corrected chi connectivity index (χ2v) is 9.93. The van der Waals surface area contributed by atoms with Crippen LogP contribution in [0.15, 0.2) is 88.8 Å². The van der Waals surface area contributed by atoms with E-state index >= 15 is 0 Å². The third kappa shape index (κ3) is 5.38. The third-order valence-electron chi connectivity index (χ3n) is 5.56. The predicted molar refractivity (Wildman–Crippen MR) is 147 cm³/mol. The molecule has 4 aromatic rings. The van der Waals surface area contributed by atoms with Gasteiger partial charge in [-0.05, 0) is 77.0 Å². The lowest BCUT2D eigenvalue weighted by Crippen LogP contribution is -2.19. The number of aryl methyl sites for hydroxylation is 1. The normalized spacial score (nSPS) is 15.7. The van der Waals surface area contributed by atoms with Gasteiger partial charge in [-0.15, -0.1) is 0 Å². The zero-order chi connectivity index (χ0) is 24.4. The van der Waals surface area contributed by atoms with Crippen molar-refractivity contribution in [2.45, 2.75) is 13.5 Å². The molecule has 4 aromatic carbocycles. The number of hydrogen-bond acceptors (Lipinski definition) is 4. The van der Waals surface area contributed by atoms with E-state index in [-0.39, 0.29) is 5.91 Å². The van der Waals surface area contributed by atoms with Crippen molar-refractivity contribution < 1.29 is 9.53 Å². The van der Waals surface area contributed by atoms with Crippen molar-refractivity contribution in [3.63, 3.8) is 0 Å². The molecule has 1 N–H and O–H groups in total. The van der Waals surface area contributed by atoms with E-state index in [9.17, 15) is 4.79 Å². The molecule has 0 radical (unpaired) electrons. The largest absolute Gasteiger partial charge is 0.488 e. The summed E-state index contributed by atoms with van der Waals surface area (Å²) in [5, 5.41) is 6.70. The molecule has 0 aliphatic carbocycles. The molecule has 4 nitrogen and oxygen atoms in total. The van der Waals surface area contributed by atoms with Crippen LogP contribution in [0.25, 0.3) is 16.8 Å². The molecule has 0 aromatic heterocycles. The van der Waals surface area contributed by atoms with Gasteiger partial charge in [-0.1, -0.05) is 71.7 Å². The number of ether oxygens (including phenoxy) is 1. The zero-order valence-corrected chi connectivity index (χ0v) is 21.0. The highest BCUT2D eigenvalue weighted by Crippen LogP contribution is 2.35. The first-order valence-corrected chi connectivity index (χ1v) is 12.5. The first-order chi connectivity index (χ1) is 17.0. The van der Waals surface area contributed by atoms with Gasteiger partial charge in [0, 0.05) is 15.6 Å². The maximum Gasteiger partial charge on any atom is 0.264 e. The Labute approximate surface area is 217 Å². The van der Waals surface area contributed by atoms with Crippen LogP contribution in [0.5, 0.6) is 5.75 Å². The van der Waals surface area contributed by atoms with Crippen molar-refractivity contribution in [3.05, 3.63) is 111 Å². The van der Waals surface area contributed by atoms with Crippen molar-refractivity contribution in [2.24, 2.45) is 4.99 Å². The Morgan fingerprint density at radius 1 is 0.971 bits per heavy atom. The minimum atomic E-state index is -0.204. The smallest absolute Gasteiger partial charge is 0.264 e. The van der Waals surface area contributed by atoms with E-state index < -0.39 is 0 Å². The van der Waals surface area contributed by atoms with E-state index in [1.807, 2.05) is 85.8 Å². The number of nitrogens with one attached hydrogen (secondary N) is 1. The molecule has 1 fully saturated rings. The number of hydrogen-bond donors (Lipinski definition) is 1. The Morgan fingerprint density at radius 2 is 1.74 bits per heavy atom. The van der Waals surface area contributed by atoms with Gasteiger partial charge in [0.25, 0.3) is 5.91 Å². The van der Waals surface area contributed by atoms with Gasteiger partial charge in [0.15, 0.2) is 5.17 Å². The number of aliphatic imine (C=N–C) groups is 1. The number of halogens is 2. The minimum Gasteiger partial charge on any atom is -0.488 e. The van der Waals surface area contributed by atoms with E-state index in [1.54, 1.807) is 6.07 Å². The molecule has 1 aliphatic rings. The maximum absolute atomic E-state index is 12.8. The first-order valence-electron chi connectivity index (χ1n) is 10.9. The van der Waals surface area contributed by atoms with Gasteiger partial charge in [-0.25, -0.2) is 4.99 Å². The number of carbonyl (C=O) groups is 1. The molecule has 1 heterocycles. The Morgan fingerprint density at radius 3 is 2.57 bits per heavy atom. The van der Waals surface area contributed by atoms with Crippen LogP contribution >= 0.6 is 35.0 Å². The fraction of sp³-hybridized carbons (Fsp3) is 0.0714. The summed E-state index contributed by atoms with van der Waals surface area (Å²) in [4.78, 5) is 18.0. The number of nitrogens with zero attached hydrogens (tertiary/aromatic N) is 1. The van der Waals surface area contributed by atoms with E-state index in [1.165, 1.54) is 11.8 Å². The number of carbonyl (C=O) groups excluding carboxylic acids is 1. The highest BCUT2D eigenvalue weighted by atomic mass is 35.5. The van der Waals surface area contributed by atoms with Crippen molar-refractivity contribution in [3.8, 4) is 5.75 Å². The number of amidine groups is 1. The van der Waals surface area contributed by atoms with Gasteiger partial charge in [0.1, 0.15) is 12.4 Å². The summed E-state index contributed by atoms with van der Waals surface area (Å²) >= 11 is 13.4. The molecule has 0 atom stereocenters. The standard InChI is InChI=1S/C28H20Cl2N2O2S/c1-17-6-10-21(30)14-24(17)31-28-32-27(33)26(35-28)15-23-22-5-3-2-4-19(22)9-13-25(23)34-16-18-7-11-20(29)12-8-18/h2-15H,16H2,1H3,(H,31,32,33)/b26-15-. The number of amides is 1. The summed E-state index contributed by atoms with van der Waals surface area (Å²) in [5.74, 6) is 0.487. The molecule has 0 unspecified atom stereocenters. The van der Waals surface area contributed by atoms with Gasteiger partial charge < -0.3 is 10.1 Å². The average Bonchev–Trinajstić information content (AvgIpc) is 3.20. The highest BCUT2D eigenvalue weighted by molar-refractivity contribution is 8.18. The van der Waals surface area contributed by atoms with Crippen LogP contribution < -0.4 is 10.1 Å². The molecule has 5 rings (SSSR count). The molecule has 0 saturated carbocycles. The van der Waals surface area contributed by atoms with Crippen molar-refractivity contribution in [1.82, 2.24) is 5.32 Å². The van der Waals surface area contributed by atoms with E-state index in [0.29, 0.717) is 32.5 Å². The topological polar surface area (TPSA) is 50.7 Å². The van der Waals surface area contributed by atoms with E-state index in [0.717, 1.165) is 33.2 Å². The second-order valence-electron chi connectivity index (χ2n) is 8.03. The summed E-state index contributed by atoms with van der Waals surface area (Å²) in [6.45, 7) is 2.33. The average molecular weight is 519 g/mol. The second kappa shape index (κ2) is 10.2. The number of thioether (sulfide) groups is 1.